The Morgan fingerprint density at radius 1 is 1.22 bits per heavy atom. The summed E-state index contributed by atoms with van der Waals surface area (Å²) in [4.78, 5) is 32.8. The number of carbonyl (C=O) groups is 3. The van der Waals surface area contributed by atoms with Crippen LogP contribution in [0.25, 0.3) is 0 Å². The number of carboxylic acids is 1. The zero-order chi connectivity index (χ0) is 14.1. The Balaban J connectivity index is 4.43. The number of rotatable bonds is 10. The van der Waals surface area contributed by atoms with Gasteiger partial charge in [-0.05, 0) is 25.8 Å². The summed E-state index contributed by atoms with van der Waals surface area (Å²) >= 11 is 0. The molecule has 1 unspecified atom stereocenters. The summed E-state index contributed by atoms with van der Waals surface area (Å²) < 4.78 is 0. The zero-order valence-corrected chi connectivity index (χ0v) is 10.2. The molecular formula is C11H21N3O4. The first kappa shape index (κ1) is 16.7. The third-order valence-electron chi connectivity index (χ3n) is 2.68. The van der Waals surface area contributed by atoms with Gasteiger partial charge >= 0.3 is 5.97 Å². The number of aldehydes is 1. The summed E-state index contributed by atoms with van der Waals surface area (Å²) in [5.41, 5.74) is 16.5. The molecule has 0 saturated carbocycles. The summed E-state index contributed by atoms with van der Waals surface area (Å²) in [5.74, 6) is -1.77. The Bertz CT molecular complexity index is 296. The molecule has 3 atom stereocenters. The van der Waals surface area contributed by atoms with Gasteiger partial charge in [-0.2, -0.15) is 0 Å². The number of hydrogen-bond acceptors (Lipinski definition) is 6. The molecule has 0 aliphatic carbocycles. The highest BCUT2D eigenvalue weighted by molar-refractivity contribution is 5.86. The van der Waals surface area contributed by atoms with Gasteiger partial charge < -0.3 is 27.1 Å². The average molecular weight is 259 g/mol. The number of aliphatic carboxylic acids is 1. The quantitative estimate of drug-likeness (QED) is 0.353. The van der Waals surface area contributed by atoms with Crippen LogP contribution in [0.15, 0.2) is 0 Å². The van der Waals surface area contributed by atoms with Crippen LogP contribution in [-0.4, -0.2) is 41.8 Å². The van der Waals surface area contributed by atoms with Crippen molar-refractivity contribution >= 4 is 18.0 Å². The van der Waals surface area contributed by atoms with Gasteiger partial charge in [0.15, 0.2) is 5.78 Å². The Kier molecular flexibility index (Phi) is 8.10. The van der Waals surface area contributed by atoms with Gasteiger partial charge in [-0.1, -0.05) is 0 Å². The first-order chi connectivity index (χ1) is 8.42. The van der Waals surface area contributed by atoms with E-state index in [0.29, 0.717) is 12.7 Å². The number of Topliss-reactive ketones (excluding diaryl/α,β-unsaturated/α-hetero) is 1. The zero-order valence-electron chi connectivity index (χ0n) is 10.2. The minimum Gasteiger partial charge on any atom is -0.481 e. The second-order valence-corrected chi connectivity index (χ2v) is 4.25. The molecule has 0 fully saturated rings. The summed E-state index contributed by atoms with van der Waals surface area (Å²) in [7, 11) is 0. The van der Waals surface area contributed by atoms with Crippen molar-refractivity contribution in [2.75, 3.05) is 6.54 Å². The number of hydrogen-bond donors (Lipinski definition) is 4. The summed E-state index contributed by atoms with van der Waals surface area (Å²) in [5, 5.41) is 8.52. The smallest absolute Gasteiger partial charge is 0.303 e. The lowest BCUT2D eigenvalue weighted by molar-refractivity contribution is -0.137. The molecule has 0 bridgehead atoms. The van der Waals surface area contributed by atoms with E-state index >= 15 is 0 Å². The van der Waals surface area contributed by atoms with Crippen LogP contribution in [0.1, 0.15) is 25.7 Å². The summed E-state index contributed by atoms with van der Waals surface area (Å²) in [6, 6.07) is -1.58. The van der Waals surface area contributed by atoms with Crippen molar-refractivity contribution in [1.82, 2.24) is 0 Å². The van der Waals surface area contributed by atoms with Gasteiger partial charge in [-0.15, -0.1) is 0 Å². The minimum absolute atomic E-state index is 0.0750. The molecule has 0 aromatic rings. The predicted octanol–water partition coefficient (Wildman–Crippen LogP) is -1.37. The maximum atomic E-state index is 12.0. The third-order valence-corrected chi connectivity index (χ3v) is 2.68. The molecule has 0 saturated heterocycles. The second kappa shape index (κ2) is 8.73. The van der Waals surface area contributed by atoms with E-state index in [4.69, 9.17) is 22.3 Å². The monoisotopic (exact) mass is 259 g/mol. The van der Waals surface area contributed by atoms with Crippen LogP contribution in [0.4, 0.5) is 0 Å². The molecule has 0 rings (SSSR count). The highest BCUT2D eigenvalue weighted by atomic mass is 16.4. The van der Waals surface area contributed by atoms with Gasteiger partial charge in [-0.25, -0.2) is 0 Å². The average Bonchev–Trinajstić information content (AvgIpc) is 2.34. The van der Waals surface area contributed by atoms with E-state index < -0.39 is 24.0 Å². The van der Waals surface area contributed by atoms with E-state index in [0.717, 1.165) is 0 Å². The number of carboxylic acid groups (broad SMARTS) is 1. The Morgan fingerprint density at radius 2 is 1.83 bits per heavy atom. The number of carbonyl (C=O) groups excluding carboxylic acids is 2. The van der Waals surface area contributed by atoms with Crippen molar-refractivity contribution in [1.29, 1.82) is 0 Å². The van der Waals surface area contributed by atoms with Crippen LogP contribution < -0.4 is 17.2 Å². The maximum Gasteiger partial charge on any atom is 0.303 e. The van der Waals surface area contributed by atoms with E-state index in [2.05, 4.69) is 0 Å². The van der Waals surface area contributed by atoms with Crippen LogP contribution in [0.3, 0.4) is 0 Å². The van der Waals surface area contributed by atoms with Crippen molar-refractivity contribution < 1.29 is 19.5 Å². The van der Waals surface area contributed by atoms with Crippen LogP contribution in [0.2, 0.25) is 0 Å². The van der Waals surface area contributed by atoms with E-state index in [9.17, 15) is 14.4 Å². The number of ketones is 1. The fourth-order valence-corrected chi connectivity index (χ4v) is 1.69. The summed E-state index contributed by atoms with van der Waals surface area (Å²) in [6.45, 7) is 0.285. The molecular weight excluding hydrogens is 238 g/mol. The highest BCUT2D eigenvalue weighted by Gasteiger charge is 2.25. The van der Waals surface area contributed by atoms with E-state index in [1.54, 1.807) is 0 Å². The fourth-order valence-electron chi connectivity index (χ4n) is 1.69. The lowest BCUT2D eigenvalue weighted by Gasteiger charge is -2.20. The Hall–Kier alpha value is -1.31. The molecule has 7 heteroatoms. The van der Waals surface area contributed by atoms with Gasteiger partial charge in [-0.3, -0.25) is 9.59 Å². The first-order valence-electron chi connectivity index (χ1n) is 5.84. The third kappa shape index (κ3) is 6.43. The van der Waals surface area contributed by atoms with Gasteiger partial charge in [0.25, 0.3) is 0 Å². The molecule has 18 heavy (non-hydrogen) atoms. The molecule has 104 valence electrons. The van der Waals surface area contributed by atoms with Crippen LogP contribution in [0.5, 0.6) is 0 Å². The topological polar surface area (TPSA) is 150 Å². The molecule has 7 nitrogen and oxygen atoms in total. The van der Waals surface area contributed by atoms with Gasteiger partial charge in [0, 0.05) is 12.3 Å². The Morgan fingerprint density at radius 3 is 2.28 bits per heavy atom. The lowest BCUT2D eigenvalue weighted by Crippen LogP contribution is -2.39. The largest absolute Gasteiger partial charge is 0.481 e. The molecule has 0 aromatic carbocycles. The van der Waals surface area contributed by atoms with E-state index in [1.807, 2.05) is 0 Å². The SMILES string of the molecule is NCCC(C[C@H](N)C=O)C(=O)[C@@H](N)CCC(=O)O. The van der Waals surface area contributed by atoms with Crippen LogP contribution >= 0.6 is 0 Å². The van der Waals surface area contributed by atoms with E-state index in [1.165, 1.54) is 0 Å². The highest BCUT2D eigenvalue weighted by Crippen LogP contribution is 2.14. The molecule has 0 aliphatic rings. The lowest BCUT2D eigenvalue weighted by atomic mass is 9.88. The number of nitrogens with two attached hydrogens (primary N) is 3. The fraction of sp³-hybridized carbons (Fsp3) is 0.727. The standard InChI is InChI=1S/C11H21N3O4/c12-4-3-7(5-8(13)6-15)11(18)9(14)1-2-10(16)17/h6-9H,1-5,12-14H2,(H,16,17)/t7?,8-,9-/m0/s1. The molecule has 0 aliphatic heterocycles. The normalized spacial score (nSPS) is 15.7. The molecule has 0 amide bonds. The minimum atomic E-state index is -1.00. The molecule has 7 N–H and O–H groups in total. The summed E-state index contributed by atoms with van der Waals surface area (Å²) in [6.07, 6.45) is 1.06. The van der Waals surface area contributed by atoms with Crippen molar-refractivity contribution in [3.63, 3.8) is 0 Å². The Labute approximate surface area is 106 Å². The molecule has 0 radical (unpaired) electrons. The molecule has 0 heterocycles. The molecule has 0 spiro atoms. The second-order valence-electron chi connectivity index (χ2n) is 4.25. The van der Waals surface area contributed by atoms with Crippen molar-refractivity contribution in [2.24, 2.45) is 23.1 Å². The van der Waals surface area contributed by atoms with Crippen LogP contribution in [0, 0.1) is 5.92 Å². The van der Waals surface area contributed by atoms with Crippen molar-refractivity contribution in [3.05, 3.63) is 0 Å². The molecule has 0 aromatic heterocycles. The van der Waals surface area contributed by atoms with Crippen molar-refractivity contribution in [3.8, 4) is 0 Å². The van der Waals surface area contributed by atoms with Gasteiger partial charge in [0.05, 0.1) is 12.1 Å². The van der Waals surface area contributed by atoms with Gasteiger partial charge in [0.1, 0.15) is 6.29 Å². The van der Waals surface area contributed by atoms with Crippen molar-refractivity contribution in [2.45, 2.75) is 37.8 Å². The predicted molar refractivity (Wildman–Crippen MR) is 65.7 cm³/mol. The van der Waals surface area contributed by atoms with Gasteiger partial charge in [0.2, 0.25) is 0 Å². The van der Waals surface area contributed by atoms with E-state index in [-0.39, 0.29) is 31.6 Å². The first-order valence-corrected chi connectivity index (χ1v) is 5.84. The maximum absolute atomic E-state index is 12.0. The van der Waals surface area contributed by atoms with Crippen LogP contribution in [-0.2, 0) is 14.4 Å².